The topological polar surface area (TPSA) is 73.1 Å². The van der Waals surface area contributed by atoms with Crippen LogP contribution >= 0.6 is 0 Å². The molecule has 0 saturated carbocycles. The number of hydrogen-bond acceptors (Lipinski definition) is 3. The Bertz CT molecular complexity index is 380. The van der Waals surface area contributed by atoms with Gasteiger partial charge in [0.2, 0.25) is 10.0 Å². The number of sulfonamides is 1. The van der Waals surface area contributed by atoms with Crippen LogP contribution in [0.5, 0.6) is 0 Å². The van der Waals surface area contributed by atoms with Crippen LogP contribution in [0.15, 0.2) is 29.8 Å². The van der Waals surface area contributed by atoms with Gasteiger partial charge in [-0.2, -0.15) is 0 Å². The minimum atomic E-state index is -3.54. The van der Waals surface area contributed by atoms with Gasteiger partial charge in [0.15, 0.2) is 0 Å². The summed E-state index contributed by atoms with van der Waals surface area (Å²) in [6.45, 7) is 0. The molecule has 1 rings (SSSR count). The number of aromatic nitrogens is 1. The molecule has 0 spiro atoms. The van der Waals surface area contributed by atoms with Gasteiger partial charge >= 0.3 is 51.4 Å². The molecule has 0 aliphatic carbocycles. The van der Waals surface area contributed by atoms with Crippen molar-refractivity contribution in [2.24, 2.45) is 5.14 Å². The van der Waals surface area contributed by atoms with E-state index < -0.39 is 10.0 Å². The molecule has 0 amide bonds. The standard InChI is InChI=1S/C7H8N2O2S.K.H/c8-12(10,11)6-4-7-3-1-2-5-9-7;;/h1-6H,(H2,8,10,11);;/q;+1;-1/b6-4+;;. The Morgan fingerprint density at radius 1 is 1.46 bits per heavy atom. The first-order valence-corrected chi connectivity index (χ1v) is 4.81. The summed E-state index contributed by atoms with van der Waals surface area (Å²) in [6, 6.07) is 5.19. The van der Waals surface area contributed by atoms with E-state index in [1.807, 2.05) is 0 Å². The predicted molar refractivity (Wildman–Crippen MR) is 47.5 cm³/mol. The molecule has 0 radical (unpaired) electrons. The van der Waals surface area contributed by atoms with E-state index in [2.05, 4.69) is 4.98 Å². The third-order valence-electron chi connectivity index (χ3n) is 1.12. The molecule has 4 nitrogen and oxygen atoms in total. The quantitative estimate of drug-likeness (QED) is 0.562. The summed E-state index contributed by atoms with van der Waals surface area (Å²) < 4.78 is 20.9. The van der Waals surface area contributed by atoms with Gasteiger partial charge < -0.3 is 1.43 Å². The third-order valence-corrected chi connectivity index (χ3v) is 1.63. The molecule has 0 fully saturated rings. The van der Waals surface area contributed by atoms with Gasteiger partial charge in [0.1, 0.15) is 0 Å². The minimum absolute atomic E-state index is 0. The van der Waals surface area contributed by atoms with Crippen molar-refractivity contribution < 1.29 is 61.2 Å². The van der Waals surface area contributed by atoms with Crippen LogP contribution in [0, 0.1) is 0 Å². The molecule has 6 heteroatoms. The summed E-state index contributed by atoms with van der Waals surface area (Å²) in [6.07, 6.45) is 2.91. The van der Waals surface area contributed by atoms with Gasteiger partial charge in [-0.1, -0.05) is 6.07 Å². The second-order valence-electron chi connectivity index (χ2n) is 2.15. The van der Waals surface area contributed by atoms with Crippen molar-refractivity contribution in [3.05, 3.63) is 35.5 Å². The van der Waals surface area contributed by atoms with Crippen molar-refractivity contribution in [2.75, 3.05) is 0 Å². The van der Waals surface area contributed by atoms with Crippen molar-refractivity contribution in [2.45, 2.75) is 0 Å². The maximum absolute atomic E-state index is 10.5. The van der Waals surface area contributed by atoms with Crippen molar-refractivity contribution in [1.29, 1.82) is 0 Å². The van der Waals surface area contributed by atoms with E-state index in [0.717, 1.165) is 5.41 Å². The van der Waals surface area contributed by atoms with Crippen LogP contribution in [0.2, 0.25) is 0 Å². The van der Waals surface area contributed by atoms with Crippen LogP contribution < -0.4 is 56.5 Å². The monoisotopic (exact) mass is 224 g/mol. The number of hydrogen-bond donors (Lipinski definition) is 1. The number of nitrogens with two attached hydrogens (primary N) is 1. The first-order valence-electron chi connectivity index (χ1n) is 3.20. The minimum Gasteiger partial charge on any atom is -1.00 e. The SMILES string of the molecule is NS(=O)(=O)/C=C/c1ccccn1.[H-].[K+]. The summed E-state index contributed by atoms with van der Waals surface area (Å²) in [4.78, 5) is 3.88. The van der Waals surface area contributed by atoms with Crippen LogP contribution in [0.25, 0.3) is 6.08 Å². The summed E-state index contributed by atoms with van der Waals surface area (Å²) in [5, 5.41) is 5.65. The summed E-state index contributed by atoms with van der Waals surface area (Å²) in [5.74, 6) is 0. The van der Waals surface area contributed by atoms with E-state index in [0.29, 0.717) is 5.69 Å². The van der Waals surface area contributed by atoms with Gasteiger partial charge in [-0.3, -0.25) is 4.98 Å². The first kappa shape index (κ1) is 13.4. The van der Waals surface area contributed by atoms with Crippen LogP contribution in [0.3, 0.4) is 0 Å². The zero-order valence-electron chi connectivity index (χ0n) is 8.21. The Morgan fingerprint density at radius 3 is 2.62 bits per heavy atom. The van der Waals surface area contributed by atoms with E-state index in [-0.39, 0.29) is 52.8 Å². The maximum Gasteiger partial charge on any atom is 1.00 e. The van der Waals surface area contributed by atoms with Crippen molar-refractivity contribution in [3.63, 3.8) is 0 Å². The van der Waals surface area contributed by atoms with Crippen LogP contribution in [-0.4, -0.2) is 13.4 Å². The average Bonchev–Trinajstić information content (AvgIpc) is 2.02. The second kappa shape index (κ2) is 6.02. The molecule has 0 bridgehead atoms. The number of rotatable bonds is 2. The number of nitrogens with zero attached hydrogens (tertiary/aromatic N) is 1. The molecule has 66 valence electrons. The molecule has 0 aromatic carbocycles. The Kier molecular flexibility index (Phi) is 6.22. The second-order valence-corrected chi connectivity index (χ2v) is 3.60. The number of pyridine rings is 1. The summed E-state index contributed by atoms with van der Waals surface area (Å²) in [7, 11) is -3.54. The fourth-order valence-corrected chi connectivity index (χ4v) is 0.968. The smallest absolute Gasteiger partial charge is 1.00 e. The van der Waals surface area contributed by atoms with E-state index >= 15 is 0 Å². The molecule has 0 aliphatic rings. The third kappa shape index (κ3) is 6.50. The largest absolute Gasteiger partial charge is 1.00 e. The molecule has 0 saturated heterocycles. The van der Waals surface area contributed by atoms with Gasteiger partial charge in [-0.05, 0) is 18.2 Å². The van der Waals surface area contributed by atoms with Crippen molar-refractivity contribution in [3.8, 4) is 0 Å². The molecule has 1 aromatic heterocycles. The Labute approximate surface area is 121 Å². The zero-order valence-corrected chi connectivity index (χ0v) is 11.2. The fraction of sp³-hybridized carbons (Fsp3) is 0. The number of primary sulfonamides is 1. The molecule has 13 heavy (non-hydrogen) atoms. The van der Waals surface area contributed by atoms with E-state index in [4.69, 9.17) is 5.14 Å². The molecular formula is C7H9KN2O2S. The van der Waals surface area contributed by atoms with Gasteiger partial charge in [0.25, 0.3) is 0 Å². The molecule has 0 aliphatic heterocycles. The molecule has 1 aromatic rings. The van der Waals surface area contributed by atoms with Gasteiger partial charge in [0, 0.05) is 11.6 Å². The predicted octanol–water partition coefficient (Wildman–Crippen LogP) is -2.54. The van der Waals surface area contributed by atoms with Crippen LogP contribution in [0.4, 0.5) is 0 Å². The normalized spacial score (nSPS) is 11.2. The van der Waals surface area contributed by atoms with E-state index in [9.17, 15) is 8.42 Å². The van der Waals surface area contributed by atoms with Gasteiger partial charge in [-0.15, -0.1) is 0 Å². The van der Waals surface area contributed by atoms with Crippen molar-refractivity contribution >= 4 is 16.1 Å². The Hall–Kier alpha value is 0.436. The molecule has 0 unspecified atom stereocenters. The first-order chi connectivity index (χ1) is 5.58. The van der Waals surface area contributed by atoms with E-state index in [1.165, 1.54) is 6.08 Å². The molecule has 2 N–H and O–H groups in total. The molecule has 0 atom stereocenters. The van der Waals surface area contributed by atoms with Gasteiger partial charge in [-0.25, -0.2) is 13.6 Å². The molecular weight excluding hydrogens is 215 g/mol. The maximum atomic E-state index is 10.5. The Morgan fingerprint density at radius 2 is 2.15 bits per heavy atom. The van der Waals surface area contributed by atoms with Crippen LogP contribution in [0.1, 0.15) is 7.12 Å². The zero-order chi connectivity index (χ0) is 9.03. The van der Waals surface area contributed by atoms with E-state index in [1.54, 1.807) is 24.4 Å². The van der Waals surface area contributed by atoms with Crippen molar-refractivity contribution in [1.82, 2.24) is 4.98 Å². The Balaban J connectivity index is 0. The molecule has 1 heterocycles. The van der Waals surface area contributed by atoms with Gasteiger partial charge in [0.05, 0.1) is 5.69 Å². The fourth-order valence-electron chi connectivity index (χ4n) is 0.639. The average molecular weight is 224 g/mol. The van der Waals surface area contributed by atoms with Crippen LogP contribution in [-0.2, 0) is 10.0 Å². The summed E-state index contributed by atoms with van der Waals surface area (Å²) in [5.41, 5.74) is 0.562. The summed E-state index contributed by atoms with van der Waals surface area (Å²) >= 11 is 0.